The van der Waals surface area contributed by atoms with Gasteiger partial charge in [0.15, 0.2) is 0 Å². The first-order chi connectivity index (χ1) is 5.36. The summed E-state index contributed by atoms with van der Waals surface area (Å²) in [6, 6.07) is 5.83. The highest BCUT2D eigenvalue weighted by molar-refractivity contribution is 14.2. The number of nitrogen functional groups attached to an aromatic ring is 1. The number of nitrogens with two attached hydrogens (primary N) is 1. The number of nitrogens with zero attached hydrogens (tertiary/aromatic N) is 1. The average Bonchev–Trinajstić information content (AvgIpc) is 2.04. The molecule has 0 unspecified atom stereocenters. The number of fused-ring (bicyclic) bond motifs is 1. The average molecular weight is 258 g/mol. The number of anilines is 1. The summed E-state index contributed by atoms with van der Waals surface area (Å²) in [5, 5.41) is 0. The van der Waals surface area contributed by atoms with Crippen molar-refractivity contribution in [2.45, 2.75) is 0 Å². The molecule has 11 heavy (non-hydrogen) atoms. The van der Waals surface area contributed by atoms with Crippen LogP contribution in [-0.4, -0.2) is 0 Å². The molecule has 0 aliphatic carbocycles. The molecular weight excluding hydrogens is 251 g/mol. The van der Waals surface area contributed by atoms with E-state index in [4.69, 9.17) is 5.73 Å². The van der Waals surface area contributed by atoms with Crippen LogP contribution in [0.2, 0.25) is 0 Å². The van der Waals surface area contributed by atoms with Crippen LogP contribution in [0, 0.1) is 0 Å². The third kappa shape index (κ3) is 1.33. The van der Waals surface area contributed by atoms with Gasteiger partial charge in [0.25, 0.3) is 0 Å². The predicted molar refractivity (Wildman–Crippen MR) is 56.0 cm³/mol. The minimum absolute atomic E-state index is 0.0806. The molecule has 2 nitrogen and oxygen atoms in total. The van der Waals surface area contributed by atoms with E-state index in [9.17, 15) is 0 Å². The van der Waals surface area contributed by atoms with Crippen LogP contribution in [0.3, 0.4) is 0 Å². The second-order valence-corrected chi connectivity index (χ2v) is 4.05. The molecule has 1 heterocycles. The van der Waals surface area contributed by atoms with Crippen molar-refractivity contribution < 1.29 is 0 Å². The van der Waals surface area contributed by atoms with Crippen molar-refractivity contribution >= 4 is 38.5 Å². The molecule has 1 aromatic carbocycles. The van der Waals surface area contributed by atoms with Crippen LogP contribution >= 0.6 is 21.0 Å². The molecule has 2 N–H and O–H groups in total. The third-order valence-electron chi connectivity index (χ3n) is 1.49. The van der Waals surface area contributed by atoms with Crippen LogP contribution in [0.4, 0.5) is 11.4 Å². The van der Waals surface area contributed by atoms with Gasteiger partial charge >= 0.3 is 0 Å². The summed E-state index contributed by atoms with van der Waals surface area (Å²) in [7, 11) is 0. The van der Waals surface area contributed by atoms with E-state index in [1.54, 1.807) is 0 Å². The molecular formula is C8H7IN2. The molecule has 56 valence electrons. The van der Waals surface area contributed by atoms with Crippen molar-refractivity contribution in [3.8, 4) is 0 Å². The van der Waals surface area contributed by atoms with Gasteiger partial charge in [0.2, 0.25) is 0 Å². The number of rotatable bonds is 0. The van der Waals surface area contributed by atoms with Gasteiger partial charge in [-0.3, -0.25) is 0 Å². The second-order valence-electron chi connectivity index (χ2n) is 2.29. The highest BCUT2D eigenvalue weighted by atomic mass is 127. The SMILES string of the molecule is Nc1ccc2c(c1)C=CI=N2. The van der Waals surface area contributed by atoms with Crippen molar-refractivity contribution in [1.29, 1.82) is 0 Å². The fourth-order valence-electron chi connectivity index (χ4n) is 0.960. The number of halogens is 1. The van der Waals surface area contributed by atoms with Gasteiger partial charge in [-0.25, -0.2) is 3.15 Å². The maximum absolute atomic E-state index is 5.62. The van der Waals surface area contributed by atoms with Crippen molar-refractivity contribution in [1.82, 2.24) is 0 Å². The molecule has 0 saturated carbocycles. The summed E-state index contributed by atoms with van der Waals surface area (Å²) >= 11 is -0.0806. The smallest absolute Gasteiger partial charge is 0.0765 e. The molecule has 0 spiro atoms. The lowest BCUT2D eigenvalue weighted by Gasteiger charge is -2.03. The summed E-state index contributed by atoms with van der Waals surface area (Å²) < 4.78 is 6.54. The Balaban J connectivity index is 2.63. The predicted octanol–water partition coefficient (Wildman–Crippen LogP) is 3.04. The first-order valence-corrected chi connectivity index (χ1v) is 5.47. The zero-order chi connectivity index (χ0) is 7.68. The van der Waals surface area contributed by atoms with E-state index in [2.05, 4.69) is 13.3 Å². The molecule has 0 radical (unpaired) electrons. The Morgan fingerprint density at radius 3 is 3.18 bits per heavy atom. The van der Waals surface area contributed by atoms with Gasteiger partial charge in [-0.1, -0.05) is 0 Å². The summed E-state index contributed by atoms with van der Waals surface area (Å²) in [5.74, 6) is 0. The number of hydrogen-bond acceptors (Lipinski definition) is 2. The van der Waals surface area contributed by atoms with E-state index in [1.165, 1.54) is 0 Å². The van der Waals surface area contributed by atoms with E-state index in [0.29, 0.717) is 0 Å². The molecule has 2 rings (SSSR count). The van der Waals surface area contributed by atoms with Crippen LogP contribution in [0.25, 0.3) is 6.08 Å². The standard InChI is InChI=1S/C8H7IN2/c10-7-1-2-8-6(5-7)3-4-9-11-8/h1-5H,10H2. The van der Waals surface area contributed by atoms with Crippen molar-refractivity contribution in [2.75, 3.05) is 5.73 Å². The molecule has 1 aliphatic heterocycles. The van der Waals surface area contributed by atoms with Gasteiger partial charge in [0.05, 0.1) is 5.69 Å². The van der Waals surface area contributed by atoms with Gasteiger partial charge in [0, 0.05) is 32.3 Å². The van der Waals surface area contributed by atoms with Crippen LogP contribution < -0.4 is 5.73 Å². The van der Waals surface area contributed by atoms with Crippen molar-refractivity contribution in [3.05, 3.63) is 27.8 Å². The van der Waals surface area contributed by atoms with E-state index in [1.807, 2.05) is 18.2 Å². The minimum Gasteiger partial charge on any atom is -0.399 e. The van der Waals surface area contributed by atoms with Crippen LogP contribution in [0.1, 0.15) is 5.56 Å². The van der Waals surface area contributed by atoms with Gasteiger partial charge < -0.3 is 5.73 Å². The highest BCUT2D eigenvalue weighted by Gasteiger charge is 1.99. The van der Waals surface area contributed by atoms with Crippen LogP contribution in [0.15, 0.2) is 25.4 Å². The van der Waals surface area contributed by atoms with Crippen LogP contribution in [0.5, 0.6) is 0 Å². The summed E-state index contributed by atoms with van der Waals surface area (Å²) in [4.78, 5) is 0. The van der Waals surface area contributed by atoms with E-state index < -0.39 is 0 Å². The van der Waals surface area contributed by atoms with E-state index >= 15 is 0 Å². The third-order valence-corrected chi connectivity index (χ3v) is 2.97. The Morgan fingerprint density at radius 2 is 2.27 bits per heavy atom. The molecule has 0 atom stereocenters. The Hall–Kier alpha value is -0.710. The van der Waals surface area contributed by atoms with Gasteiger partial charge in [-0.2, -0.15) is 0 Å². The van der Waals surface area contributed by atoms with Gasteiger partial charge in [-0.05, 0) is 28.4 Å². The molecule has 0 fully saturated rings. The molecule has 0 saturated heterocycles. The highest BCUT2D eigenvalue weighted by Crippen LogP contribution is 2.31. The van der Waals surface area contributed by atoms with Crippen molar-refractivity contribution in [2.24, 2.45) is 3.15 Å². The molecule has 1 aliphatic rings. The summed E-state index contributed by atoms with van der Waals surface area (Å²) in [6.07, 6.45) is 2.10. The topological polar surface area (TPSA) is 38.4 Å². The number of hydrogen-bond donors (Lipinski definition) is 1. The Labute approximate surface area is 75.3 Å². The zero-order valence-corrected chi connectivity index (χ0v) is 7.95. The molecule has 0 bridgehead atoms. The molecule has 1 aromatic rings. The molecule has 0 amide bonds. The fourth-order valence-corrected chi connectivity index (χ4v) is 2.41. The Bertz CT molecular complexity index is 342. The quantitative estimate of drug-likeness (QED) is 0.563. The first kappa shape index (κ1) is 6.97. The van der Waals surface area contributed by atoms with Crippen LogP contribution in [-0.2, 0) is 0 Å². The van der Waals surface area contributed by atoms with Crippen molar-refractivity contribution in [3.63, 3.8) is 0 Å². The summed E-state index contributed by atoms with van der Waals surface area (Å²) in [5.41, 5.74) is 8.67. The lowest BCUT2D eigenvalue weighted by molar-refractivity contribution is 1.55. The summed E-state index contributed by atoms with van der Waals surface area (Å²) in [6.45, 7) is 0. The molecule has 3 heteroatoms. The first-order valence-electron chi connectivity index (χ1n) is 3.26. The fraction of sp³-hybridized carbons (Fsp3) is 0. The largest absolute Gasteiger partial charge is 0.399 e. The second kappa shape index (κ2) is 2.73. The Kier molecular flexibility index (Phi) is 1.73. The Morgan fingerprint density at radius 1 is 1.36 bits per heavy atom. The molecule has 0 aromatic heterocycles. The zero-order valence-electron chi connectivity index (χ0n) is 5.79. The monoisotopic (exact) mass is 258 g/mol. The lowest BCUT2D eigenvalue weighted by Crippen LogP contribution is -1.85. The lowest BCUT2D eigenvalue weighted by atomic mass is 10.1. The maximum atomic E-state index is 5.62. The van der Waals surface area contributed by atoms with Gasteiger partial charge in [-0.15, -0.1) is 0 Å². The van der Waals surface area contributed by atoms with E-state index in [-0.39, 0.29) is 21.0 Å². The normalized spacial score (nSPS) is 13.8. The van der Waals surface area contributed by atoms with E-state index in [0.717, 1.165) is 16.9 Å². The van der Waals surface area contributed by atoms with Gasteiger partial charge in [0.1, 0.15) is 0 Å². The number of benzene rings is 1. The maximum Gasteiger partial charge on any atom is 0.0765 e. The minimum atomic E-state index is -0.0806.